The summed E-state index contributed by atoms with van der Waals surface area (Å²) in [6.07, 6.45) is 4.92. The zero-order valence-corrected chi connectivity index (χ0v) is 13.5. The highest BCUT2D eigenvalue weighted by molar-refractivity contribution is 7.16. The average molecular weight is 330 g/mol. The number of carbonyl (C=O) groups is 1. The van der Waals surface area contributed by atoms with Crippen molar-refractivity contribution < 1.29 is 14.3 Å². The molecule has 1 unspecified atom stereocenters. The van der Waals surface area contributed by atoms with Crippen molar-refractivity contribution in [3.8, 4) is 6.07 Å². The average Bonchev–Trinajstić information content (AvgIpc) is 3.19. The standard InChI is InChI=1S/C17H18N2O3S/c18-9-14-13-5-3-11(10-20)8-15(13)23-17(14)19-16(21)6-4-12-2-1-7-22-12/h1-2,7,11,20H,3-6,8,10H2,(H,19,21). The van der Waals surface area contributed by atoms with Crippen LogP contribution in [0, 0.1) is 17.2 Å². The van der Waals surface area contributed by atoms with Gasteiger partial charge in [-0.3, -0.25) is 4.79 Å². The number of furan rings is 1. The molecule has 120 valence electrons. The van der Waals surface area contributed by atoms with Crippen molar-refractivity contribution in [2.45, 2.75) is 32.1 Å². The number of nitriles is 1. The molecule has 2 aromatic rings. The number of rotatable bonds is 5. The van der Waals surface area contributed by atoms with Gasteiger partial charge >= 0.3 is 0 Å². The molecule has 0 radical (unpaired) electrons. The van der Waals surface area contributed by atoms with E-state index in [0.717, 1.165) is 35.5 Å². The highest BCUT2D eigenvalue weighted by atomic mass is 32.1. The molecule has 0 bridgehead atoms. The number of carbonyl (C=O) groups excluding carboxylic acids is 1. The van der Waals surface area contributed by atoms with Crippen molar-refractivity contribution >= 4 is 22.2 Å². The van der Waals surface area contributed by atoms with Crippen LogP contribution >= 0.6 is 11.3 Å². The highest BCUT2D eigenvalue weighted by Gasteiger charge is 2.26. The minimum absolute atomic E-state index is 0.116. The third-order valence-corrected chi connectivity index (χ3v) is 5.34. The van der Waals surface area contributed by atoms with E-state index in [0.29, 0.717) is 23.4 Å². The van der Waals surface area contributed by atoms with E-state index in [1.807, 2.05) is 6.07 Å². The fraction of sp³-hybridized carbons (Fsp3) is 0.412. The maximum absolute atomic E-state index is 12.1. The molecule has 1 atom stereocenters. The lowest BCUT2D eigenvalue weighted by Gasteiger charge is -2.19. The lowest BCUT2D eigenvalue weighted by molar-refractivity contribution is -0.116. The minimum atomic E-state index is -0.116. The Kier molecular flexibility index (Phi) is 4.79. The second kappa shape index (κ2) is 6.99. The SMILES string of the molecule is N#Cc1c(NC(=O)CCc2ccco2)sc2c1CCC(CO)C2. The summed E-state index contributed by atoms with van der Waals surface area (Å²) in [5.41, 5.74) is 1.64. The molecule has 1 amide bonds. The second-order valence-corrected chi connectivity index (χ2v) is 6.84. The van der Waals surface area contributed by atoms with Gasteiger partial charge in [0.15, 0.2) is 0 Å². The first kappa shape index (κ1) is 15.8. The van der Waals surface area contributed by atoms with E-state index in [4.69, 9.17) is 4.42 Å². The molecular weight excluding hydrogens is 312 g/mol. The molecule has 2 heterocycles. The Labute approximate surface area is 138 Å². The van der Waals surface area contributed by atoms with Gasteiger partial charge in [0.1, 0.15) is 16.8 Å². The number of amides is 1. The van der Waals surface area contributed by atoms with Gasteiger partial charge in [-0.05, 0) is 42.9 Å². The van der Waals surface area contributed by atoms with Gasteiger partial charge in [-0.2, -0.15) is 5.26 Å². The monoisotopic (exact) mass is 330 g/mol. The number of aryl methyl sites for hydroxylation is 1. The van der Waals surface area contributed by atoms with Gasteiger partial charge in [0.05, 0.1) is 11.8 Å². The van der Waals surface area contributed by atoms with E-state index >= 15 is 0 Å². The molecule has 0 fully saturated rings. The molecule has 0 aromatic carbocycles. The van der Waals surface area contributed by atoms with Gasteiger partial charge < -0.3 is 14.8 Å². The summed E-state index contributed by atoms with van der Waals surface area (Å²) >= 11 is 1.47. The van der Waals surface area contributed by atoms with Crippen LogP contribution in [0.1, 0.15) is 34.6 Å². The van der Waals surface area contributed by atoms with E-state index < -0.39 is 0 Å². The Morgan fingerprint density at radius 3 is 3.13 bits per heavy atom. The summed E-state index contributed by atoms with van der Waals surface area (Å²) in [6.45, 7) is 0.171. The van der Waals surface area contributed by atoms with Crippen LogP contribution in [0.2, 0.25) is 0 Å². The topological polar surface area (TPSA) is 86.3 Å². The second-order valence-electron chi connectivity index (χ2n) is 5.74. The smallest absolute Gasteiger partial charge is 0.225 e. The number of hydrogen-bond acceptors (Lipinski definition) is 5. The van der Waals surface area contributed by atoms with Crippen LogP contribution in [0.15, 0.2) is 22.8 Å². The number of fused-ring (bicyclic) bond motifs is 1. The molecular formula is C17H18N2O3S. The third kappa shape index (κ3) is 3.46. The van der Waals surface area contributed by atoms with Gasteiger partial charge in [-0.1, -0.05) is 0 Å². The van der Waals surface area contributed by atoms with Gasteiger partial charge in [-0.25, -0.2) is 0 Å². The normalized spacial score (nSPS) is 16.6. The Morgan fingerprint density at radius 2 is 2.43 bits per heavy atom. The summed E-state index contributed by atoms with van der Waals surface area (Å²) in [5.74, 6) is 0.919. The molecule has 0 saturated carbocycles. The molecule has 1 aliphatic carbocycles. The quantitative estimate of drug-likeness (QED) is 0.882. The van der Waals surface area contributed by atoms with Crippen molar-refractivity contribution in [1.29, 1.82) is 5.26 Å². The first-order valence-electron chi connectivity index (χ1n) is 7.69. The maximum atomic E-state index is 12.1. The number of aliphatic hydroxyl groups is 1. The molecule has 2 aromatic heterocycles. The fourth-order valence-corrected chi connectivity index (χ4v) is 4.23. The van der Waals surface area contributed by atoms with E-state index in [9.17, 15) is 15.2 Å². The first-order valence-corrected chi connectivity index (χ1v) is 8.50. The minimum Gasteiger partial charge on any atom is -0.469 e. The van der Waals surface area contributed by atoms with Gasteiger partial charge in [-0.15, -0.1) is 11.3 Å². The largest absolute Gasteiger partial charge is 0.469 e. The van der Waals surface area contributed by atoms with Crippen molar-refractivity contribution in [2.24, 2.45) is 5.92 Å². The molecule has 2 N–H and O–H groups in total. The molecule has 0 spiro atoms. The molecule has 0 aliphatic heterocycles. The molecule has 23 heavy (non-hydrogen) atoms. The van der Waals surface area contributed by atoms with Crippen LogP contribution in [0.5, 0.6) is 0 Å². The van der Waals surface area contributed by atoms with Gasteiger partial charge in [0.25, 0.3) is 0 Å². The number of anilines is 1. The summed E-state index contributed by atoms with van der Waals surface area (Å²) < 4.78 is 5.22. The zero-order valence-electron chi connectivity index (χ0n) is 12.7. The van der Waals surface area contributed by atoms with Crippen LogP contribution in [-0.2, 0) is 24.1 Å². The number of nitrogens with one attached hydrogen (secondary N) is 1. The van der Waals surface area contributed by atoms with Crippen LogP contribution in [0.4, 0.5) is 5.00 Å². The molecule has 6 heteroatoms. The van der Waals surface area contributed by atoms with E-state index in [1.165, 1.54) is 11.3 Å². The van der Waals surface area contributed by atoms with Gasteiger partial charge in [0, 0.05) is 24.3 Å². The number of aliphatic hydroxyl groups excluding tert-OH is 1. The summed E-state index contributed by atoms with van der Waals surface area (Å²) in [6, 6.07) is 5.86. The van der Waals surface area contributed by atoms with E-state index in [2.05, 4.69) is 11.4 Å². The molecule has 0 saturated heterocycles. The Morgan fingerprint density at radius 1 is 1.57 bits per heavy atom. The molecule has 1 aliphatic rings. The third-order valence-electron chi connectivity index (χ3n) is 4.17. The Balaban J connectivity index is 1.69. The lowest BCUT2D eigenvalue weighted by atomic mass is 9.88. The molecule has 5 nitrogen and oxygen atoms in total. The Bertz CT molecular complexity index is 728. The van der Waals surface area contributed by atoms with E-state index in [1.54, 1.807) is 12.3 Å². The van der Waals surface area contributed by atoms with E-state index in [-0.39, 0.29) is 18.4 Å². The summed E-state index contributed by atoms with van der Waals surface area (Å²) in [5, 5.41) is 22.2. The highest BCUT2D eigenvalue weighted by Crippen LogP contribution is 2.39. The van der Waals surface area contributed by atoms with Crippen LogP contribution in [0.3, 0.4) is 0 Å². The lowest BCUT2D eigenvalue weighted by Crippen LogP contribution is -2.16. The van der Waals surface area contributed by atoms with Crippen LogP contribution < -0.4 is 5.32 Å². The van der Waals surface area contributed by atoms with Crippen molar-refractivity contribution in [3.63, 3.8) is 0 Å². The summed E-state index contributed by atoms with van der Waals surface area (Å²) in [4.78, 5) is 13.2. The maximum Gasteiger partial charge on any atom is 0.225 e. The predicted molar refractivity (Wildman–Crippen MR) is 87.3 cm³/mol. The van der Waals surface area contributed by atoms with Crippen molar-refractivity contribution in [3.05, 3.63) is 40.2 Å². The summed E-state index contributed by atoms with van der Waals surface area (Å²) in [7, 11) is 0. The number of nitrogens with zero attached hydrogens (tertiary/aromatic N) is 1. The van der Waals surface area contributed by atoms with Crippen LogP contribution in [0.25, 0.3) is 0 Å². The fourth-order valence-electron chi connectivity index (χ4n) is 2.90. The van der Waals surface area contributed by atoms with Crippen LogP contribution in [-0.4, -0.2) is 17.6 Å². The predicted octanol–water partition coefficient (Wildman–Crippen LogP) is 2.88. The van der Waals surface area contributed by atoms with Crippen molar-refractivity contribution in [1.82, 2.24) is 0 Å². The number of thiophene rings is 1. The Hall–Kier alpha value is -2.10. The first-order chi connectivity index (χ1) is 11.2. The van der Waals surface area contributed by atoms with Crippen molar-refractivity contribution in [2.75, 3.05) is 11.9 Å². The van der Waals surface area contributed by atoms with Gasteiger partial charge in [0.2, 0.25) is 5.91 Å². The molecule has 3 rings (SSSR count). The zero-order chi connectivity index (χ0) is 16.2. The number of hydrogen-bond donors (Lipinski definition) is 2.